The molecule has 0 fully saturated rings. The van der Waals surface area contributed by atoms with Crippen molar-refractivity contribution in [2.45, 2.75) is 40.0 Å². The fourth-order valence-electron chi connectivity index (χ4n) is 2.97. The highest BCUT2D eigenvalue weighted by atomic mass is 16.5. The van der Waals surface area contributed by atoms with Gasteiger partial charge in [-0.15, -0.1) is 0 Å². The number of rotatable bonds is 6. The second-order valence-electron chi connectivity index (χ2n) is 7.07. The molecule has 28 heavy (non-hydrogen) atoms. The maximum Gasteiger partial charge on any atom is 0.257 e. The SMILES string of the molecule is CCc1ccccc1Oc1ccc(NC(=O)c2ccc(C(C)C)nc2C)cc1. The molecule has 0 atom stereocenters. The Morgan fingerprint density at radius 3 is 2.39 bits per heavy atom. The zero-order valence-corrected chi connectivity index (χ0v) is 16.8. The van der Waals surface area contributed by atoms with Crippen molar-refractivity contribution in [3.05, 3.63) is 83.2 Å². The van der Waals surface area contributed by atoms with Crippen LogP contribution in [0.15, 0.2) is 60.7 Å². The summed E-state index contributed by atoms with van der Waals surface area (Å²) in [6, 6.07) is 19.1. The number of pyridine rings is 1. The Morgan fingerprint density at radius 2 is 1.75 bits per heavy atom. The Balaban J connectivity index is 1.69. The average Bonchev–Trinajstić information content (AvgIpc) is 2.69. The van der Waals surface area contributed by atoms with Gasteiger partial charge in [-0.1, -0.05) is 39.0 Å². The number of carbonyl (C=O) groups is 1. The number of ether oxygens (including phenoxy) is 1. The summed E-state index contributed by atoms with van der Waals surface area (Å²) < 4.78 is 5.98. The first kappa shape index (κ1) is 19.6. The van der Waals surface area contributed by atoms with Gasteiger partial charge in [-0.2, -0.15) is 0 Å². The first-order valence-electron chi connectivity index (χ1n) is 9.62. The molecule has 1 N–H and O–H groups in total. The van der Waals surface area contributed by atoms with E-state index in [-0.39, 0.29) is 5.91 Å². The molecule has 2 aromatic carbocycles. The van der Waals surface area contributed by atoms with Gasteiger partial charge in [0.1, 0.15) is 11.5 Å². The van der Waals surface area contributed by atoms with E-state index in [2.05, 4.69) is 37.1 Å². The number of aryl methyl sites for hydroxylation is 2. The van der Waals surface area contributed by atoms with E-state index in [0.29, 0.717) is 17.2 Å². The van der Waals surface area contributed by atoms with Crippen LogP contribution in [0, 0.1) is 6.92 Å². The van der Waals surface area contributed by atoms with Crippen LogP contribution in [0.5, 0.6) is 11.5 Å². The van der Waals surface area contributed by atoms with E-state index in [0.717, 1.165) is 34.9 Å². The zero-order chi connectivity index (χ0) is 20.1. The fraction of sp³-hybridized carbons (Fsp3) is 0.250. The molecule has 0 aliphatic carbocycles. The smallest absolute Gasteiger partial charge is 0.257 e. The third-order valence-corrected chi connectivity index (χ3v) is 4.64. The second kappa shape index (κ2) is 8.70. The molecule has 0 unspecified atom stereocenters. The molecule has 0 saturated heterocycles. The van der Waals surface area contributed by atoms with Crippen LogP contribution in [-0.2, 0) is 6.42 Å². The van der Waals surface area contributed by atoms with Gasteiger partial charge in [-0.05, 0) is 67.3 Å². The largest absolute Gasteiger partial charge is 0.457 e. The molecule has 3 rings (SSSR count). The Morgan fingerprint density at radius 1 is 1.04 bits per heavy atom. The third kappa shape index (κ3) is 4.58. The minimum atomic E-state index is -0.162. The molecule has 0 bridgehead atoms. The number of hydrogen-bond donors (Lipinski definition) is 1. The zero-order valence-electron chi connectivity index (χ0n) is 16.8. The van der Waals surface area contributed by atoms with Crippen LogP contribution < -0.4 is 10.1 Å². The Labute approximate surface area is 166 Å². The number of nitrogens with one attached hydrogen (secondary N) is 1. The van der Waals surface area contributed by atoms with Crippen LogP contribution in [0.3, 0.4) is 0 Å². The summed E-state index contributed by atoms with van der Waals surface area (Å²) >= 11 is 0. The van der Waals surface area contributed by atoms with E-state index in [1.807, 2.05) is 61.5 Å². The van der Waals surface area contributed by atoms with Gasteiger partial charge in [0.15, 0.2) is 0 Å². The minimum Gasteiger partial charge on any atom is -0.457 e. The highest BCUT2D eigenvalue weighted by Crippen LogP contribution is 2.27. The number of hydrogen-bond acceptors (Lipinski definition) is 3. The summed E-state index contributed by atoms with van der Waals surface area (Å²) in [5.74, 6) is 1.76. The van der Waals surface area contributed by atoms with Gasteiger partial charge in [0.25, 0.3) is 5.91 Å². The molecule has 0 aliphatic rings. The fourth-order valence-corrected chi connectivity index (χ4v) is 2.97. The summed E-state index contributed by atoms with van der Waals surface area (Å²) in [5.41, 5.74) is 4.19. The van der Waals surface area contributed by atoms with Crippen molar-refractivity contribution in [2.24, 2.45) is 0 Å². The Kier molecular flexibility index (Phi) is 6.09. The van der Waals surface area contributed by atoms with Crippen LogP contribution in [0.4, 0.5) is 5.69 Å². The van der Waals surface area contributed by atoms with Gasteiger partial charge in [0, 0.05) is 11.4 Å². The highest BCUT2D eigenvalue weighted by Gasteiger charge is 2.12. The topological polar surface area (TPSA) is 51.2 Å². The number of amides is 1. The van der Waals surface area contributed by atoms with Gasteiger partial charge in [0.05, 0.1) is 11.3 Å². The van der Waals surface area contributed by atoms with Crippen molar-refractivity contribution < 1.29 is 9.53 Å². The van der Waals surface area contributed by atoms with E-state index in [1.165, 1.54) is 0 Å². The summed E-state index contributed by atoms with van der Waals surface area (Å²) in [6.45, 7) is 8.14. The minimum absolute atomic E-state index is 0.162. The first-order valence-corrected chi connectivity index (χ1v) is 9.62. The Hall–Kier alpha value is -3.14. The molecule has 1 amide bonds. The molecule has 3 aromatic rings. The summed E-state index contributed by atoms with van der Waals surface area (Å²) in [5, 5.41) is 2.93. The second-order valence-corrected chi connectivity index (χ2v) is 7.07. The first-order chi connectivity index (χ1) is 13.5. The van der Waals surface area contributed by atoms with Crippen molar-refractivity contribution in [3.63, 3.8) is 0 Å². The normalized spacial score (nSPS) is 10.8. The Bertz CT molecular complexity index is 963. The predicted molar refractivity (Wildman–Crippen MR) is 113 cm³/mol. The van der Waals surface area contributed by atoms with Gasteiger partial charge in [0.2, 0.25) is 0 Å². The number of benzene rings is 2. The standard InChI is InChI=1S/C24H26N2O2/c1-5-18-8-6-7-9-23(18)28-20-12-10-19(11-13-20)26-24(27)21-14-15-22(16(2)3)25-17(21)4/h6-16H,5H2,1-4H3,(H,26,27). The lowest BCUT2D eigenvalue weighted by atomic mass is 10.1. The van der Waals surface area contributed by atoms with E-state index in [4.69, 9.17) is 4.74 Å². The summed E-state index contributed by atoms with van der Waals surface area (Å²) in [7, 11) is 0. The van der Waals surface area contributed by atoms with Crippen LogP contribution in [-0.4, -0.2) is 10.9 Å². The van der Waals surface area contributed by atoms with Crippen LogP contribution in [0.2, 0.25) is 0 Å². The summed E-state index contributed by atoms with van der Waals surface area (Å²) in [4.78, 5) is 17.1. The van der Waals surface area contributed by atoms with Gasteiger partial charge >= 0.3 is 0 Å². The average molecular weight is 374 g/mol. The van der Waals surface area contributed by atoms with E-state index in [1.54, 1.807) is 0 Å². The van der Waals surface area contributed by atoms with E-state index in [9.17, 15) is 4.79 Å². The third-order valence-electron chi connectivity index (χ3n) is 4.64. The molecule has 144 valence electrons. The summed E-state index contributed by atoms with van der Waals surface area (Å²) in [6.07, 6.45) is 0.910. The van der Waals surface area contributed by atoms with Crippen molar-refractivity contribution in [2.75, 3.05) is 5.32 Å². The lowest BCUT2D eigenvalue weighted by Crippen LogP contribution is -2.14. The van der Waals surface area contributed by atoms with Gasteiger partial charge in [-0.3, -0.25) is 9.78 Å². The van der Waals surface area contributed by atoms with Crippen LogP contribution in [0.1, 0.15) is 54.0 Å². The number of aromatic nitrogens is 1. The van der Waals surface area contributed by atoms with Gasteiger partial charge in [-0.25, -0.2) is 0 Å². The monoisotopic (exact) mass is 374 g/mol. The molecule has 0 radical (unpaired) electrons. The molecule has 0 saturated carbocycles. The molecular formula is C24H26N2O2. The molecule has 1 aromatic heterocycles. The number of para-hydroxylation sites is 1. The predicted octanol–water partition coefficient (Wildman–Crippen LogP) is 6.12. The molecule has 0 aliphatic heterocycles. The van der Waals surface area contributed by atoms with E-state index >= 15 is 0 Å². The lowest BCUT2D eigenvalue weighted by Gasteiger charge is -2.12. The van der Waals surface area contributed by atoms with Gasteiger partial charge < -0.3 is 10.1 Å². The number of nitrogens with zero attached hydrogens (tertiary/aromatic N) is 1. The molecule has 0 spiro atoms. The van der Waals surface area contributed by atoms with Crippen molar-refractivity contribution in [1.82, 2.24) is 4.98 Å². The number of carbonyl (C=O) groups excluding carboxylic acids is 1. The highest BCUT2D eigenvalue weighted by molar-refractivity contribution is 6.05. The van der Waals surface area contributed by atoms with Crippen molar-refractivity contribution >= 4 is 11.6 Å². The molecule has 1 heterocycles. The lowest BCUT2D eigenvalue weighted by molar-refractivity contribution is 0.102. The molecule has 4 nitrogen and oxygen atoms in total. The van der Waals surface area contributed by atoms with Crippen molar-refractivity contribution in [3.8, 4) is 11.5 Å². The van der Waals surface area contributed by atoms with Crippen LogP contribution in [0.25, 0.3) is 0 Å². The van der Waals surface area contributed by atoms with E-state index < -0.39 is 0 Å². The number of anilines is 1. The maximum absolute atomic E-state index is 12.6. The quantitative estimate of drug-likeness (QED) is 0.565. The maximum atomic E-state index is 12.6. The van der Waals surface area contributed by atoms with Crippen molar-refractivity contribution in [1.29, 1.82) is 0 Å². The molecular weight excluding hydrogens is 348 g/mol. The molecule has 4 heteroatoms. The van der Waals surface area contributed by atoms with Crippen LogP contribution >= 0.6 is 0 Å².